The highest BCUT2D eigenvalue weighted by molar-refractivity contribution is 7.90. The Morgan fingerprint density at radius 2 is 1.16 bits per heavy atom. The van der Waals surface area contributed by atoms with Crippen molar-refractivity contribution in [2.24, 2.45) is 0 Å². The van der Waals surface area contributed by atoms with Crippen LogP contribution in [-0.2, 0) is 37.6 Å². The van der Waals surface area contributed by atoms with Crippen LogP contribution in [0.5, 0.6) is 0 Å². The van der Waals surface area contributed by atoms with E-state index in [1.807, 2.05) is 20.8 Å². The number of nitrogens with zero attached hydrogens (tertiary/aromatic N) is 11. The first kappa shape index (κ1) is 57.0. The van der Waals surface area contributed by atoms with Gasteiger partial charge < -0.3 is 39.6 Å². The minimum atomic E-state index is -3.52. The summed E-state index contributed by atoms with van der Waals surface area (Å²) < 4.78 is 109. The molecule has 0 amide bonds. The van der Waals surface area contributed by atoms with Gasteiger partial charge in [-0.25, -0.2) is 84.2 Å². The van der Waals surface area contributed by atoms with Gasteiger partial charge in [-0.05, 0) is 38.8 Å². The van der Waals surface area contributed by atoms with Crippen molar-refractivity contribution < 1.29 is 58.4 Å². The fourth-order valence-electron chi connectivity index (χ4n) is 6.19. The molecule has 0 atom stereocenters. The number of H-pyrrole nitrogens is 1. The lowest BCUT2D eigenvalue weighted by molar-refractivity contribution is -0.0000222. The van der Waals surface area contributed by atoms with E-state index < -0.39 is 65.8 Å². The molecule has 2 aromatic carbocycles. The highest BCUT2D eigenvalue weighted by atomic mass is 127. The predicted octanol–water partition coefficient (Wildman–Crippen LogP) is 5.58. The molecule has 6 aromatic heterocycles. The van der Waals surface area contributed by atoms with Gasteiger partial charge in [0.25, 0.3) is 0 Å². The smallest absolute Gasteiger partial charge is 0.235 e. The van der Waals surface area contributed by atoms with Gasteiger partial charge in [-0.15, -0.1) is 0 Å². The van der Waals surface area contributed by atoms with Crippen LogP contribution < -0.4 is 34.6 Å². The first-order valence-electron chi connectivity index (χ1n) is 20.3. The molecule has 0 aliphatic rings. The van der Waals surface area contributed by atoms with Gasteiger partial charge in [-0.1, -0.05) is 47.8 Å². The number of imidazole rings is 2. The molecule has 6 heterocycles. The minimum absolute atomic E-state index is 0. The number of halogens is 5. The highest BCUT2D eigenvalue weighted by Gasteiger charge is 2.22. The third-order valence-electron chi connectivity index (χ3n) is 9.30. The van der Waals surface area contributed by atoms with Crippen LogP contribution in [0.25, 0.3) is 28.0 Å². The number of aryl methyl sites for hydroxylation is 3. The number of aromatic amines is 1. The fraction of sp³-hybridized carbons (Fsp3) is 0.318. The lowest BCUT2D eigenvalue weighted by Gasteiger charge is -2.13. The number of anilines is 4. The Hall–Kier alpha value is -6.35. The normalized spacial score (nSPS) is 11.0. The number of hydrogen-bond acceptors (Lipinski definition) is 16. The van der Waals surface area contributed by atoms with Crippen molar-refractivity contribution in [3.05, 3.63) is 126 Å². The zero-order chi connectivity index (χ0) is 47.6. The van der Waals surface area contributed by atoms with Gasteiger partial charge in [0.1, 0.15) is 69.9 Å². The van der Waals surface area contributed by atoms with Crippen LogP contribution in [-0.4, -0.2) is 87.7 Å². The van der Waals surface area contributed by atoms with Crippen LogP contribution in [0.15, 0.2) is 74.4 Å². The topological polar surface area (TPSA) is 242 Å². The van der Waals surface area contributed by atoms with E-state index in [1.54, 1.807) is 37.1 Å². The Labute approximate surface area is 414 Å². The van der Waals surface area contributed by atoms with Crippen LogP contribution in [0.2, 0.25) is 0 Å². The number of sulfone groups is 2. The molecule has 370 valence electrons. The van der Waals surface area contributed by atoms with Gasteiger partial charge in [0.15, 0.2) is 42.9 Å². The molecule has 0 saturated carbocycles. The molecule has 0 aliphatic heterocycles. The predicted molar refractivity (Wildman–Crippen MR) is 253 cm³/mol. The number of fused-ring (bicyclic) bond motifs is 2. The Morgan fingerprint density at radius 3 is 1.58 bits per heavy atom. The number of hydrogen-bond donors (Lipinski definition) is 3. The van der Waals surface area contributed by atoms with Crippen molar-refractivity contribution in [1.82, 2.24) is 59.4 Å². The highest BCUT2D eigenvalue weighted by Crippen LogP contribution is 2.30. The summed E-state index contributed by atoms with van der Waals surface area (Å²) in [4.78, 5) is 44.1. The fourth-order valence-corrected chi connectivity index (χ4v) is 9.12. The summed E-state index contributed by atoms with van der Waals surface area (Å²) in [6.07, 6.45) is 13.5. The molecule has 18 nitrogen and oxygen atoms in total. The molecular formula is C44H52F4IN14O4S2-. The summed E-state index contributed by atoms with van der Waals surface area (Å²) in [5, 5.41) is 5.22. The van der Waals surface area contributed by atoms with E-state index in [4.69, 9.17) is 0 Å². The lowest BCUT2D eigenvalue weighted by atomic mass is 10.2. The molecule has 0 fully saturated rings. The van der Waals surface area contributed by atoms with E-state index in [-0.39, 0.29) is 84.6 Å². The molecule has 0 radical (unpaired) electrons. The van der Waals surface area contributed by atoms with Crippen LogP contribution in [0.1, 0.15) is 76.8 Å². The molecule has 69 heavy (non-hydrogen) atoms. The summed E-state index contributed by atoms with van der Waals surface area (Å²) in [5.41, 5.74) is 1.93. The lowest BCUT2D eigenvalue weighted by Crippen LogP contribution is -3.00. The van der Waals surface area contributed by atoms with Crippen LogP contribution in [0, 0.1) is 37.1 Å². The maximum Gasteiger partial charge on any atom is 0.235 e. The van der Waals surface area contributed by atoms with Crippen LogP contribution in [0.3, 0.4) is 0 Å². The maximum absolute atomic E-state index is 15.1. The molecule has 3 N–H and O–H groups in total. The van der Waals surface area contributed by atoms with E-state index >= 15 is 4.39 Å². The second kappa shape index (κ2) is 25.3. The number of aromatic nitrogens is 12. The third kappa shape index (κ3) is 14.8. The summed E-state index contributed by atoms with van der Waals surface area (Å²) in [5.74, 6) is -3.98. The van der Waals surface area contributed by atoms with Crippen LogP contribution >= 0.6 is 0 Å². The van der Waals surface area contributed by atoms with Crippen molar-refractivity contribution in [2.75, 3.05) is 22.1 Å². The zero-order valence-corrected chi connectivity index (χ0v) is 40.4. The number of nitrogens with one attached hydrogen (secondary N) is 3. The van der Waals surface area contributed by atoms with Crippen molar-refractivity contribution in [1.29, 1.82) is 0 Å². The maximum atomic E-state index is 15.1. The Kier molecular flexibility index (Phi) is 20.9. The molecule has 0 unspecified atom stereocenters. The Bertz CT molecular complexity index is 3200. The minimum Gasteiger partial charge on any atom is -1.00 e. The third-order valence-corrected chi connectivity index (χ3v) is 12.9. The monoisotopic (exact) mass is 1110 g/mol. The van der Waals surface area contributed by atoms with Crippen molar-refractivity contribution in [2.45, 2.75) is 80.2 Å². The molecule has 0 spiro atoms. The van der Waals surface area contributed by atoms with E-state index in [9.17, 15) is 30.0 Å². The van der Waals surface area contributed by atoms with Gasteiger partial charge in [-0.3, -0.25) is 4.57 Å². The molecule has 25 heteroatoms. The molecule has 0 bridgehead atoms. The summed E-state index contributed by atoms with van der Waals surface area (Å²) in [6, 6.07) is 4.31. The van der Waals surface area contributed by atoms with E-state index in [0.717, 1.165) is 35.7 Å². The summed E-state index contributed by atoms with van der Waals surface area (Å²) in [7, 11) is -7.01. The van der Waals surface area contributed by atoms with E-state index in [2.05, 4.69) is 65.5 Å². The zero-order valence-electron chi connectivity index (χ0n) is 36.6. The van der Waals surface area contributed by atoms with Crippen molar-refractivity contribution in [3.8, 4) is 5.95 Å². The molecule has 0 aliphatic carbocycles. The molecular weight excluding hydrogens is 1060 g/mol. The second-order valence-electron chi connectivity index (χ2n) is 14.6. The molecule has 8 rings (SSSR count). The second-order valence-corrected chi connectivity index (χ2v) is 19.0. The Morgan fingerprint density at radius 1 is 0.652 bits per heavy atom. The standard InChI is InChI=1S/C20H19F2N7O2S.C18H19F2N5O2S.C4H6N2.2CH4.HI/c1-3-6-32(30,31)9-13-4-5-14(21)17(16(13)22)27-19-18-15(24-10-25-19)7-23-20(28-18)29-8-12(2)26-11-29;1-3-7-28(26,27)9-11-5-6-12(19)16(15(11)20)25-18-17-13(22-10-23-18)8-21-14(4-2)24-17;1-4-2-5-3-6-4;;;/h4-5,7-8,10-11H,3,6,9H2,1-2H3,(H,24,25,27);5-6,8,10H,3-4,7,9H2,1-2H3,(H,22,23,25);2-3H,1H3,(H,5,6);2*1H4;1H/p-1. The summed E-state index contributed by atoms with van der Waals surface area (Å²) in [6.45, 7) is 9.09. The van der Waals surface area contributed by atoms with E-state index in [1.165, 1.54) is 31.4 Å². The van der Waals surface area contributed by atoms with Gasteiger partial charge >= 0.3 is 0 Å². The average Bonchev–Trinajstić information content (AvgIpc) is 3.96. The Balaban J connectivity index is 0.000000315. The van der Waals surface area contributed by atoms with E-state index in [0.29, 0.717) is 41.6 Å². The van der Waals surface area contributed by atoms with Gasteiger partial charge in [-0.2, -0.15) is 0 Å². The first-order chi connectivity index (χ1) is 31.5. The van der Waals surface area contributed by atoms with Gasteiger partial charge in [0.2, 0.25) is 5.95 Å². The summed E-state index contributed by atoms with van der Waals surface area (Å²) >= 11 is 0. The molecule has 0 saturated heterocycles. The quantitative estimate of drug-likeness (QED) is 0.0889. The first-order valence-corrected chi connectivity index (χ1v) is 23.9. The van der Waals surface area contributed by atoms with Crippen molar-refractivity contribution >= 4 is 64.8 Å². The average molecular weight is 1110 g/mol. The van der Waals surface area contributed by atoms with Crippen molar-refractivity contribution in [3.63, 3.8) is 0 Å². The van der Waals surface area contributed by atoms with Gasteiger partial charge in [0, 0.05) is 35.6 Å². The number of benzene rings is 2. The molecule has 8 aromatic rings. The van der Waals surface area contributed by atoms with Crippen LogP contribution in [0.4, 0.5) is 40.6 Å². The largest absolute Gasteiger partial charge is 1.00 e. The van der Waals surface area contributed by atoms with Gasteiger partial charge in [0.05, 0.1) is 47.4 Å². The SMILES string of the molecule is C.C.CCCS(=O)(=O)Cc1ccc(F)c(Nc2ncnc3cnc(-n4cnc(C)c4)nc23)c1F.CCCS(=O)(=O)Cc1ccc(F)c(Nc2ncnc3cnc(CC)nc23)c1F.Cc1cnc[nH]1.[I-]. The number of rotatable bonds is 14.